The van der Waals surface area contributed by atoms with E-state index in [1.54, 1.807) is 6.07 Å². The predicted molar refractivity (Wildman–Crippen MR) is 119 cm³/mol. The minimum atomic E-state index is -4.87. The molecular formula is C21H18F3N5O4S. The number of aromatic nitrogens is 4. The number of alkyl halides is 3. The highest BCUT2D eigenvalue weighted by Crippen LogP contribution is 2.29. The second-order valence-electron chi connectivity index (χ2n) is 8.53. The number of nitrogens with zero attached hydrogens (tertiary/aromatic N) is 4. The highest BCUT2D eigenvalue weighted by atomic mass is 32.1. The van der Waals surface area contributed by atoms with E-state index in [1.807, 2.05) is 20.8 Å². The minimum absolute atomic E-state index is 0.000978. The van der Waals surface area contributed by atoms with Crippen LogP contribution >= 0.6 is 11.5 Å². The molecule has 0 unspecified atom stereocenters. The topological polar surface area (TPSA) is 112 Å². The summed E-state index contributed by atoms with van der Waals surface area (Å²) in [6.07, 6.45) is -4.87. The number of amides is 1. The molecule has 3 heterocycles. The molecule has 34 heavy (non-hydrogen) atoms. The highest BCUT2D eigenvalue weighted by Gasteiger charge is 2.35. The quantitative estimate of drug-likeness (QED) is 0.466. The standard InChI is InChI=1S/C21H18F3N5O4S/c1-20(2,3)14-9-15(26-33-14)25-18(31)17-11-7-10(5-6-12(11)34-27-17)29-16(30)8-13(21(22,23)24)28(4)19(29)32/h5-9H,1-4H3,(H,25,26,31). The first-order valence-electron chi connectivity index (χ1n) is 9.86. The fraction of sp³-hybridized carbons (Fsp3) is 0.286. The number of halogens is 3. The number of benzene rings is 1. The summed E-state index contributed by atoms with van der Waals surface area (Å²) in [5, 5.41) is 6.72. The molecule has 1 aromatic carbocycles. The van der Waals surface area contributed by atoms with E-state index in [-0.39, 0.29) is 22.6 Å². The Hall–Kier alpha value is -3.74. The van der Waals surface area contributed by atoms with E-state index in [9.17, 15) is 27.6 Å². The molecule has 4 rings (SSSR count). The fourth-order valence-electron chi connectivity index (χ4n) is 3.23. The zero-order valence-electron chi connectivity index (χ0n) is 18.4. The molecule has 1 N–H and O–H groups in total. The van der Waals surface area contributed by atoms with Crippen molar-refractivity contribution in [3.8, 4) is 5.69 Å². The summed E-state index contributed by atoms with van der Waals surface area (Å²) >= 11 is 1.01. The monoisotopic (exact) mass is 493 g/mol. The molecule has 0 saturated heterocycles. The maximum Gasteiger partial charge on any atom is 0.431 e. The van der Waals surface area contributed by atoms with Crippen molar-refractivity contribution in [2.45, 2.75) is 32.4 Å². The Bertz CT molecular complexity index is 1540. The first-order valence-corrected chi connectivity index (χ1v) is 10.6. The third-order valence-corrected chi connectivity index (χ3v) is 5.85. The van der Waals surface area contributed by atoms with Crippen LogP contribution in [0.3, 0.4) is 0 Å². The van der Waals surface area contributed by atoms with Gasteiger partial charge in [-0.05, 0) is 29.7 Å². The summed E-state index contributed by atoms with van der Waals surface area (Å²) in [7, 11) is 0.925. The Labute approximate surface area is 193 Å². The number of carbonyl (C=O) groups is 1. The van der Waals surface area contributed by atoms with E-state index in [0.717, 1.165) is 18.6 Å². The van der Waals surface area contributed by atoms with Crippen LogP contribution in [0.25, 0.3) is 15.8 Å². The van der Waals surface area contributed by atoms with Crippen molar-refractivity contribution in [3.63, 3.8) is 0 Å². The smallest absolute Gasteiger partial charge is 0.359 e. The summed E-state index contributed by atoms with van der Waals surface area (Å²) in [4.78, 5) is 37.8. The van der Waals surface area contributed by atoms with Crippen molar-refractivity contribution in [1.82, 2.24) is 18.7 Å². The molecule has 0 spiro atoms. The lowest BCUT2D eigenvalue weighted by molar-refractivity contribution is -0.144. The van der Waals surface area contributed by atoms with Gasteiger partial charge < -0.3 is 9.84 Å². The van der Waals surface area contributed by atoms with Gasteiger partial charge in [0.05, 0.1) is 10.4 Å². The molecule has 1 amide bonds. The van der Waals surface area contributed by atoms with Crippen LogP contribution in [0.15, 0.2) is 44.4 Å². The lowest BCUT2D eigenvalue weighted by atomic mass is 9.93. The third-order valence-electron chi connectivity index (χ3n) is 5.03. The Morgan fingerprint density at radius 2 is 1.82 bits per heavy atom. The van der Waals surface area contributed by atoms with Crippen molar-refractivity contribution in [3.05, 3.63) is 68.3 Å². The summed E-state index contributed by atoms with van der Waals surface area (Å²) in [5.41, 5.74) is -4.01. The first kappa shape index (κ1) is 23.4. The Balaban J connectivity index is 1.75. The maximum atomic E-state index is 13.1. The van der Waals surface area contributed by atoms with Crippen LogP contribution in [0, 0.1) is 0 Å². The number of carbonyl (C=O) groups excluding carboxylic acids is 1. The molecule has 9 nitrogen and oxygen atoms in total. The van der Waals surface area contributed by atoms with E-state index < -0.39 is 29.0 Å². The Morgan fingerprint density at radius 1 is 1.12 bits per heavy atom. The number of hydrogen-bond donors (Lipinski definition) is 1. The van der Waals surface area contributed by atoms with E-state index in [1.165, 1.54) is 18.2 Å². The van der Waals surface area contributed by atoms with Crippen LogP contribution in [-0.2, 0) is 18.6 Å². The van der Waals surface area contributed by atoms with Gasteiger partial charge in [-0.15, -0.1) is 0 Å². The number of rotatable bonds is 3. The van der Waals surface area contributed by atoms with Gasteiger partial charge in [-0.1, -0.05) is 25.9 Å². The average molecular weight is 493 g/mol. The van der Waals surface area contributed by atoms with Gasteiger partial charge in [-0.2, -0.15) is 17.5 Å². The summed E-state index contributed by atoms with van der Waals surface area (Å²) < 4.78 is 50.3. The summed E-state index contributed by atoms with van der Waals surface area (Å²) in [6, 6.07) is 6.21. The molecule has 0 aliphatic rings. The molecule has 0 radical (unpaired) electrons. The van der Waals surface area contributed by atoms with Gasteiger partial charge in [0.25, 0.3) is 11.5 Å². The van der Waals surface area contributed by atoms with E-state index in [4.69, 9.17) is 4.52 Å². The van der Waals surface area contributed by atoms with Crippen LogP contribution in [0.5, 0.6) is 0 Å². The lowest BCUT2D eigenvalue weighted by Crippen LogP contribution is -2.40. The normalized spacial score (nSPS) is 12.3. The predicted octanol–water partition coefficient (Wildman–Crippen LogP) is 3.70. The van der Waals surface area contributed by atoms with Gasteiger partial charge in [0.1, 0.15) is 17.1 Å². The van der Waals surface area contributed by atoms with Crippen molar-refractivity contribution >= 4 is 33.3 Å². The van der Waals surface area contributed by atoms with Crippen molar-refractivity contribution in [1.29, 1.82) is 0 Å². The average Bonchev–Trinajstić information content (AvgIpc) is 3.36. The molecule has 3 aromatic heterocycles. The minimum Gasteiger partial charge on any atom is -0.359 e. The van der Waals surface area contributed by atoms with Crippen molar-refractivity contribution < 1.29 is 22.5 Å². The molecule has 178 valence electrons. The van der Waals surface area contributed by atoms with E-state index >= 15 is 0 Å². The molecule has 0 aliphatic heterocycles. The zero-order chi connectivity index (χ0) is 25.0. The zero-order valence-corrected chi connectivity index (χ0v) is 19.2. The molecule has 4 aromatic rings. The fourth-order valence-corrected chi connectivity index (χ4v) is 3.98. The maximum absolute atomic E-state index is 13.1. The Morgan fingerprint density at radius 3 is 2.44 bits per heavy atom. The van der Waals surface area contributed by atoms with Crippen LogP contribution in [0.2, 0.25) is 0 Å². The summed E-state index contributed by atoms with van der Waals surface area (Å²) in [6.45, 7) is 5.76. The number of fused-ring (bicyclic) bond motifs is 1. The van der Waals surface area contributed by atoms with Gasteiger partial charge >= 0.3 is 11.9 Å². The SMILES string of the molecule is Cn1c(C(F)(F)F)cc(=O)n(-c2ccc3snc(C(=O)Nc4cc(C(C)(C)C)on4)c3c2)c1=O. The van der Waals surface area contributed by atoms with Gasteiger partial charge in [0.15, 0.2) is 5.82 Å². The van der Waals surface area contributed by atoms with Crippen molar-refractivity contribution in [2.75, 3.05) is 5.32 Å². The molecule has 0 saturated carbocycles. The van der Waals surface area contributed by atoms with E-state index in [2.05, 4.69) is 14.8 Å². The molecular weight excluding hydrogens is 475 g/mol. The highest BCUT2D eigenvalue weighted by molar-refractivity contribution is 7.13. The van der Waals surface area contributed by atoms with Gasteiger partial charge in [-0.3, -0.25) is 14.2 Å². The van der Waals surface area contributed by atoms with Gasteiger partial charge in [0.2, 0.25) is 0 Å². The van der Waals surface area contributed by atoms with E-state index in [0.29, 0.717) is 31.0 Å². The van der Waals surface area contributed by atoms with Crippen LogP contribution in [-0.4, -0.2) is 24.6 Å². The molecule has 0 fully saturated rings. The first-order chi connectivity index (χ1) is 15.8. The molecule has 13 heteroatoms. The number of hydrogen-bond acceptors (Lipinski definition) is 7. The number of nitrogens with one attached hydrogen (secondary N) is 1. The van der Waals surface area contributed by atoms with Crippen LogP contribution in [0.1, 0.15) is 42.7 Å². The molecule has 0 bridgehead atoms. The summed E-state index contributed by atoms with van der Waals surface area (Å²) in [5.74, 6) is 0.135. The number of anilines is 1. The Kier molecular flexibility index (Phi) is 5.47. The van der Waals surface area contributed by atoms with Gasteiger partial charge in [-0.25, -0.2) is 9.36 Å². The second-order valence-corrected chi connectivity index (χ2v) is 9.34. The molecule has 0 aliphatic carbocycles. The lowest BCUT2D eigenvalue weighted by Gasteiger charge is -2.14. The van der Waals surface area contributed by atoms with Crippen molar-refractivity contribution in [2.24, 2.45) is 7.05 Å². The van der Waals surface area contributed by atoms with Crippen LogP contribution < -0.4 is 16.6 Å². The largest absolute Gasteiger partial charge is 0.431 e. The molecule has 0 atom stereocenters. The third kappa shape index (κ3) is 4.14. The van der Waals surface area contributed by atoms with Gasteiger partial charge in [0, 0.05) is 30.0 Å². The van der Waals surface area contributed by atoms with Crippen LogP contribution in [0.4, 0.5) is 19.0 Å². The second kappa shape index (κ2) is 7.94.